The van der Waals surface area contributed by atoms with Gasteiger partial charge in [-0.3, -0.25) is 4.79 Å². The van der Waals surface area contributed by atoms with Gasteiger partial charge >= 0.3 is 5.97 Å². The van der Waals surface area contributed by atoms with Gasteiger partial charge in [-0.1, -0.05) is 0 Å². The quantitative estimate of drug-likeness (QED) is 0.910. The highest BCUT2D eigenvalue weighted by Gasteiger charge is 2.35. The summed E-state index contributed by atoms with van der Waals surface area (Å²) in [4.78, 5) is 11.1. The minimum atomic E-state index is -0.715. The summed E-state index contributed by atoms with van der Waals surface area (Å²) >= 11 is 0. The Morgan fingerprint density at radius 1 is 1.50 bits per heavy atom. The molecule has 1 N–H and O–H groups in total. The number of hydrogen-bond donors (Lipinski definition) is 1. The van der Waals surface area contributed by atoms with Crippen LogP contribution in [-0.2, 0) is 11.8 Å². The molecule has 1 unspecified atom stereocenters. The summed E-state index contributed by atoms with van der Waals surface area (Å²) in [7, 11) is 3.65. The first-order valence-electron chi connectivity index (χ1n) is 6.95. The van der Waals surface area contributed by atoms with Crippen LogP contribution in [-0.4, -0.2) is 22.8 Å². The highest BCUT2D eigenvalue weighted by Crippen LogP contribution is 2.46. The van der Waals surface area contributed by atoms with Crippen LogP contribution in [0.5, 0.6) is 5.75 Å². The Kier molecular flexibility index (Phi) is 3.16. The maximum atomic E-state index is 11.1. The molecule has 0 bridgehead atoms. The number of aliphatic carboxylic acids is 1. The monoisotopic (exact) mass is 273 g/mol. The maximum Gasteiger partial charge on any atom is 0.303 e. The second kappa shape index (κ2) is 4.85. The number of hydrogen-bond acceptors (Lipinski definition) is 2. The van der Waals surface area contributed by atoms with Crippen LogP contribution >= 0.6 is 0 Å². The number of carboxylic acids is 1. The molecule has 0 aliphatic heterocycles. The average Bonchev–Trinajstić information content (AvgIpc) is 3.21. The van der Waals surface area contributed by atoms with E-state index < -0.39 is 5.97 Å². The number of aryl methyl sites for hydroxylation is 1. The number of fused-ring (bicyclic) bond motifs is 1. The molecule has 0 spiro atoms. The summed E-state index contributed by atoms with van der Waals surface area (Å²) in [6, 6.07) is 5.99. The summed E-state index contributed by atoms with van der Waals surface area (Å²) in [6.07, 6.45) is 4.58. The third-order valence-electron chi connectivity index (χ3n) is 4.21. The lowest BCUT2D eigenvalue weighted by Crippen LogP contribution is -2.08. The van der Waals surface area contributed by atoms with Gasteiger partial charge in [-0.2, -0.15) is 0 Å². The van der Waals surface area contributed by atoms with Crippen LogP contribution in [0.25, 0.3) is 10.9 Å². The summed E-state index contributed by atoms with van der Waals surface area (Å²) in [5.41, 5.74) is 2.26. The lowest BCUT2D eigenvalue weighted by molar-refractivity contribution is -0.137. The zero-order valence-electron chi connectivity index (χ0n) is 11.8. The molecule has 1 saturated carbocycles. The molecule has 1 aliphatic carbocycles. The molecule has 2 aromatic rings. The van der Waals surface area contributed by atoms with Gasteiger partial charge in [0, 0.05) is 24.7 Å². The van der Waals surface area contributed by atoms with Crippen molar-refractivity contribution in [3.8, 4) is 5.75 Å². The number of carbonyl (C=O) groups is 1. The molecule has 1 heterocycles. The first-order chi connectivity index (χ1) is 9.60. The second-order valence-corrected chi connectivity index (χ2v) is 5.62. The number of nitrogens with zero attached hydrogens (tertiary/aromatic N) is 1. The van der Waals surface area contributed by atoms with Gasteiger partial charge in [-0.15, -0.1) is 0 Å². The highest BCUT2D eigenvalue weighted by atomic mass is 16.5. The van der Waals surface area contributed by atoms with Crippen molar-refractivity contribution in [3.63, 3.8) is 0 Å². The van der Waals surface area contributed by atoms with Crippen LogP contribution in [0.3, 0.4) is 0 Å². The van der Waals surface area contributed by atoms with E-state index in [1.165, 1.54) is 0 Å². The molecule has 0 amide bonds. The van der Waals surface area contributed by atoms with Gasteiger partial charge in [-0.25, -0.2) is 0 Å². The first-order valence-corrected chi connectivity index (χ1v) is 6.95. The van der Waals surface area contributed by atoms with Crippen LogP contribution in [0.15, 0.2) is 24.4 Å². The van der Waals surface area contributed by atoms with Crippen molar-refractivity contribution in [2.45, 2.75) is 25.2 Å². The van der Waals surface area contributed by atoms with E-state index in [2.05, 4.69) is 10.8 Å². The summed E-state index contributed by atoms with van der Waals surface area (Å²) in [5.74, 6) is 0.766. The molecule has 4 nitrogen and oxygen atoms in total. The van der Waals surface area contributed by atoms with Gasteiger partial charge in [-0.05, 0) is 42.4 Å². The van der Waals surface area contributed by atoms with Gasteiger partial charge in [0.25, 0.3) is 0 Å². The van der Waals surface area contributed by atoms with Crippen molar-refractivity contribution in [1.82, 2.24) is 4.57 Å². The van der Waals surface area contributed by atoms with Crippen LogP contribution in [0.2, 0.25) is 0 Å². The fourth-order valence-corrected chi connectivity index (χ4v) is 3.03. The molecule has 1 aromatic heterocycles. The van der Waals surface area contributed by atoms with Gasteiger partial charge in [0.15, 0.2) is 0 Å². The Balaban J connectivity index is 2.08. The van der Waals surface area contributed by atoms with E-state index in [4.69, 9.17) is 9.84 Å². The van der Waals surface area contributed by atoms with Crippen molar-refractivity contribution >= 4 is 16.9 Å². The predicted octanol–water partition coefficient (Wildman–Crippen LogP) is 3.16. The van der Waals surface area contributed by atoms with Crippen LogP contribution in [0.1, 0.15) is 30.7 Å². The Labute approximate surface area is 118 Å². The highest BCUT2D eigenvalue weighted by molar-refractivity contribution is 5.86. The lowest BCUT2D eigenvalue weighted by atomic mass is 9.91. The van der Waals surface area contributed by atoms with Crippen molar-refractivity contribution < 1.29 is 14.6 Å². The first kappa shape index (κ1) is 13.0. The standard InChI is InChI=1S/C16H19NO3/c1-17-9-14(13(8-16(18)19)10-3-4-10)12-6-5-11(20-2)7-15(12)17/h5-7,9-10,13H,3-4,8H2,1-2H3,(H,18,19). The molecule has 1 aromatic carbocycles. The van der Waals surface area contributed by atoms with Gasteiger partial charge < -0.3 is 14.4 Å². The lowest BCUT2D eigenvalue weighted by Gasteiger charge is -2.13. The molecule has 4 heteroatoms. The minimum absolute atomic E-state index is 0.129. The van der Waals surface area contributed by atoms with Crippen molar-refractivity contribution in [1.29, 1.82) is 0 Å². The number of methoxy groups -OCH3 is 1. The van der Waals surface area contributed by atoms with E-state index in [1.807, 2.05) is 25.2 Å². The average molecular weight is 273 g/mol. The molecule has 106 valence electrons. The molecule has 20 heavy (non-hydrogen) atoms. The van der Waals surface area contributed by atoms with E-state index in [1.54, 1.807) is 7.11 Å². The van der Waals surface area contributed by atoms with Crippen molar-refractivity contribution in [3.05, 3.63) is 30.0 Å². The number of benzene rings is 1. The van der Waals surface area contributed by atoms with Crippen molar-refractivity contribution in [2.75, 3.05) is 7.11 Å². The Morgan fingerprint density at radius 2 is 2.25 bits per heavy atom. The van der Waals surface area contributed by atoms with E-state index in [9.17, 15) is 4.79 Å². The fourth-order valence-electron chi connectivity index (χ4n) is 3.03. The molecule has 3 rings (SSSR count). The third kappa shape index (κ3) is 2.26. The van der Waals surface area contributed by atoms with E-state index in [-0.39, 0.29) is 12.3 Å². The summed E-state index contributed by atoms with van der Waals surface area (Å²) in [6.45, 7) is 0. The molecular formula is C16H19NO3. The van der Waals surface area contributed by atoms with Gasteiger partial charge in [0.1, 0.15) is 5.75 Å². The number of aromatic nitrogens is 1. The summed E-state index contributed by atoms with van der Waals surface area (Å²) < 4.78 is 7.32. The van der Waals surface area contributed by atoms with Crippen LogP contribution < -0.4 is 4.74 Å². The number of carboxylic acid groups (broad SMARTS) is 1. The Bertz CT molecular complexity index is 655. The van der Waals surface area contributed by atoms with E-state index in [0.717, 1.165) is 35.1 Å². The molecule has 1 aliphatic rings. The zero-order valence-corrected chi connectivity index (χ0v) is 11.8. The Hall–Kier alpha value is -1.97. The third-order valence-corrected chi connectivity index (χ3v) is 4.21. The minimum Gasteiger partial charge on any atom is -0.497 e. The molecular weight excluding hydrogens is 254 g/mol. The van der Waals surface area contributed by atoms with Gasteiger partial charge in [0.05, 0.1) is 19.0 Å². The number of rotatable bonds is 5. The van der Waals surface area contributed by atoms with Crippen molar-refractivity contribution in [2.24, 2.45) is 13.0 Å². The van der Waals surface area contributed by atoms with E-state index in [0.29, 0.717) is 5.92 Å². The fraction of sp³-hybridized carbons (Fsp3) is 0.438. The second-order valence-electron chi connectivity index (χ2n) is 5.62. The van der Waals surface area contributed by atoms with Crippen LogP contribution in [0.4, 0.5) is 0 Å². The smallest absolute Gasteiger partial charge is 0.303 e. The largest absolute Gasteiger partial charge is 0.497 e. The topological polar surface area (TPSA) is 51.5 Å². The molecule has 0 saturated heterocycles. The predicted molar refractivity (Wildman–Crippen MR) is 77.2 cm³/mol. The summed E-state index contributed by atoms with van der Waals surface area (Å²) in [5, 5.41) is 10.3. The number of ether oxygens (including phenoxy) is 1. The maximum absolute atomic E-state index is 11.1. The molecule has 0 radical (unpaired) electrons. The Morgan fingerprint density at radius 3 is 2.85 bits per heavy atom. The SMILES string of the molecule is COc1ccc2c(C(CC(=O)O)C3CC3)cn(C)c2c1. The molecule has 1 atom stereocenters. The zero-order chi connectivity index (χ0) is 14.3. The van der Waals surface area contributed by atoms with E-state index >= 15 is 0 Å². The normalized spacial score (nSPS) is 16.3. The van der Waals surface area contributed by atoms with Gasteiger partial charge in [0.2, 0.25) is 0 Å². The van der Waals surface area contributed by atoms with Crippen LogP contribution in [0, 0.1) is 5.92 Å². The molecule has 1 fully saturated rings.